The van der Waals surface area contributed by atoms with Crippen LogP contribution in [0.2, 0.25) is 0 Å². The number of aliphatic hydroxyl groups is 5. The van der Waals surface area contributed by atoms with E-state index in [1.165, 1.54) is 6.08 Å². The molecule has 1 aromatic rings. The van der Waals surface area contributed by atoms with Crippen LogP contribution in [-0.2, 0) is 25.5 Å². The van der Waals surface area contributed by atoms with E-state index in [0.29, 0.717) is 6.54 Å². The predicted molar refractivity (Wildman–Crippen MR) is 115 cm³/mol. The van der Waals surface area contributed by atoms with Gasteiger partial charge in [-0.05, 0) is 6.07 Å². The normalized spacial score (nSPS) is 33.9. The van der Waals surface area contributed by atoms with Crippen molar-refractivity contribution < 1.29 is 54.2 Å². The quantitative estimate of drug-likeness (QED) is 0.181. The molecular weight excluding hydrogens is 450 g/mol. The third-order valence-electron chi connectivity index (χ3n) is 5.79. The molecule has 2 aliphatic heterocycles. The van der Waals surface area contributed by atoms with E-state index in [9.17, 15) is 30.3 Å². The summed E-state index contributed by atoms with van der Waals surface area (Å²) in [6.45, 7) is 3.52. The van der Waals surface area contributed by atoms with Crippen LogP contribution in [0.1, 0.15) is 5.56 Å². The molecule has 8 atom stereocenters. The van der Waals surface area contributed by atoms with Gasteiger partial charge in [0.25, 0.3) is 0 Å². The van der Waals surface area contributed by atoms with Crippen molar-refractivity contribution in [3.05, 3.63) is 60.7 Å². The number of hydrogen-bond acceptors (Lipinski definition) is 9. The highest BCUT2D eigenvalue weighted by molar-refractivity contribution is 5.88. The van der Waals surface area contributed by atoms with E-state index in [4.69, 9.17) is 19.3 Å². The van der Waals surface area contributed by atoms with E-state index in [2.05, 4.69) is 6.58 Å². The first-order chi connectivity index (χ1) is 16.3. The molecule has 1 fully saturated rings. The Morgan fingerprint density at radius 2 is 1.94 bits per heavy atom. The van der Waals surface area contributed by atoms with E-state index in [1.807, 2.05) is 6.07 Å². The molecule has 2 aliphatic rings. The summed E-state index contributed by atoms with van der Waals surface area (Å²) in [5, 5.41) is 58.4. The molecule has 1 saturated heterocycles. The maximum atomic E-state index is 11.8. The molecule has 0 radical (unpaired) electrons. The zero-order chi connectivity index (χ0) is 24.8. The van der Waals surface area contributed by atoms with Gasteiger partial charge in [-0.25, -0.2) is 9.36 Å². The number of hydrogen-bond donors (Lipinski definition) is 6. The number of carbonyl (C=O) groups is 1. The van der Waals surface area contributed by atoms with Crippen LogP contribution in [0.3, 0.4) is 0 Å². The standard InChI is InChI=1S/C23H29NO10/c1-2-14-15(6-5-13-4-3-7-24(10-13)8-9-25)16(21(30)31)12-32-22(14)34-23-20(29)19(28)18(27)17(11-26)33-23/h2-7,10,12,14-15,17-20,22-23,25-29H,1,8-9,11H2/p+1. The number of aliphatic hydroxyl groups excluding tert-OH is 5. The molecule has 186 valence electrons. The summed E-state index contributed by atoms with van der Waals surface area (Å²) in [6.07, 6.45) is 0.880. The monoisotopic (exact) mass is 480 g/mol. The van der Waals surface area contributed by atoms with Gasteiger partial charge in [0.2, 0.25) is 6.29 Å². The molecule has 0 bridgehead atoms. The average Bonchev–Trinajstić information content (AvgIpc) is 2.83. The number of ether oxygens (including phenoxy) is 3. The summed E-state index contributed by atoms with van der Waals surface area (Å²) in [5.41, 5.74) is 0.718. The maximum Gasteiger partial charge on any atom is 0.335 e. The molecule has 0 spiro atoms. The number of pyridine rings is 1. The minimum Gasteiger partial charge on any atom is -0.478 e. The number of aromatic nitrogens is 1. The average molecular weight is 480 g/mol. The maximum absolute atomic E-state index is 11.8. The van der Waals surface area contributed by atoms with E-state index < -0.39 is 61.4 Å². The molecule has 0 aromatic carbocycles. The van der Waals surface area contributed by atoms with Crippen LogP contribution >= 0.6 is 0 Å². The van der Waals surface area contributed by atoms with Crippen molar-refractivity contribution >= 4 is 12.0 Å². The van der Waals surface area contributed by atoms with Crippen molar-refractivity contribution in [1.82, 2.24) is 0 Å². The molecule has 0 amide bonds. The van der Waals surface area contributed by atoms with Crippen molar-refractivity contribution in [3.8, 4) is 0 Å². The lowest BCUT2D eigenvalue weighted by Crippen LogP contribution is -2.60. The molecule has 3 rings (SSSR count). The fourth-order valence-corrected chi connectivity index (χ4v) is 3.91. The Morgan fingerprint density at radius 3 is 2.59 bits per heavy atom. The molecule has 6 N–H and O–H groups in total. The number of carboxylic acids is 1. The number of nitrogens with zero attached hydrogens (tertiary/aromatic N) is 1. The summed E-state index contributed by atoms with van der Waals surface area (Å²) in [4.78, 5) is 11.8. The molecule has 11 heteroatoms. The molecule has 8 unspecified atom stereocenters. The van der Waals surface area contributed by atoms with Gasteiger partial charge in [0.15, 0.2) is 25.2 Å². The lowest BCUT2D eigenvalue weighted by atomic mass is 9.83. The topological polar surface area (TPSA) is 170 Å². The fraction of sp³-hybridized carbons (Fsp3) is 0.478. The highest BCUT2D eigenvalue weighted by Gasteiger charge is 2.47. The van der Waals surface area contributed by atoms with Gasteiger partial charge in [0.1, 0.15) is 31.0 Å². The van der Waals surface area contributed by atoms with Crippen LogP contribution < -0.4 is 4.57 Å². The highest BCUT2D eigenvalue weighted by atomic mass is 16.8. The van der Waals surface area contributed by atoms with E-state index >= 15 is 0 Å². The second-order valence-corrected chi connectivity index (χ2v) is 8.01. The van der Waals surface area contributed by atoms with Crippen molar-refractivity contribution in [2.75, 3.05) is 13.2 Å². The Morgan fingerprint density at radius 1 is 1.18 bits per heavy atom. The Balaban J connectivity index is 1.84. The van der Waals surface area contributed by atoms with Crippen LogP contribution in [0, 0.1) is 11.8 Å². The molecule has 11 nitrogen and oxygen atoms in total. The lowest BCUT2D eigenvalue weighted by molar-refractivity contribution is -0.698. The Hall–Kier alpha value is -2.64. The molecular formula is C23H30NO10+. The second kappa shape index (κ2) is 11.7. The minimum atomic E-state index is -1.64. The van der Waals surface area contributed by atoms with Crippen molar-refractivity contribution in [3.63, 3.8) is 0 Å². The van der Waals surface area contributed by atoms with Crippen LogP contribution in [0.5, 0.6) is 0 Å². The molecule has 0 aliphatic carbocycles. The lowest BCUT2D eigenvalue weighted by Gasteiger charge is -2.42. The summed E-state index contributed by atoms with van der Waals surface area (Å²) >= 11 is 0. The van der Waals surface area contributed by atoms with Gasteiger partial charge in [0, 0.05) is 17.5 Å². The zero-order valence-corrected chi connectivity index (χ0v) is 18.3. The van der Waals surface area contributed by atoms with E-state index in [0.717, 1.165) is 11.8 Å². The Bertz CT molecular complexity index is 917. The van der Waals surface area contributed by atoms with Crippen LogP contribution in [0.15, 0.2) is 55.1 Å². The molecule has 34 heavy (non-hydrogen) atoms. The zero-order valence-electron chi connectivity index (χ0n) is 18.3. The van der Waals surface area contributed by atoms with Gasteiger partial charge in [-0.2, -0.15) is 0 Å². The fourth-order valence-electron chi connectivity index (χ4n) is 3.91. The molecule has 3 heterocycles. The number of rotatable bonds is 9. The van der Waals surface area contributed by atoms with Crippen LogP contribution in [0.25, 0.3) is 6.08 Å². The van der Waals surface area contributed by atoms with Gasteiger partial charge in [0.05, 0.1) is 24.4 Å². The first-order valence-corrected chi connectivity index (χ1v) is 10.8. The van der Waals surface area contributed by atoms with Gasteiger partial charge < -0.3 is 44.8 Å². The second-order valence-electron chi connectivity index (χ2n) is 8.01. The van der Waals surface area contributed by atoms with E-state index in [1.54, 1.807) is 35.2 Å². The first-order valence-electron chi connectivity index (χ1n) is 10.8. The predicted octanol–water partition coefficient (Wildman–Crippen LogP) is -1.46. The van der Waals surface area contributed by atoms with Crippen molar-refractivity contribution in [2.24, 2.45) is 11.8 Å². The summed E-state index contributed by atoms with van der Waals surface area (Å²) in [6, 6.07) is 3.61. The number of allylic oxidation sites excluding steroid dienone is 1. The number of aliphatic carboxylic acids is 1. The van der Waals surface area contributed by atoms with Gasteiger partial charge in [-0.3, -0.25) is 0 Å². The van der Waals surface area contributed by atoms with Crippen molar-refractivity contribution in [1.29, 1.82) is 0 Å². The Kier molecular flexibility index (Phi) is 8.91. The highest BCUT2D eigenvalue weighted by Crippen LogP contribution is 2.36. The van der Waals surface area contributed by atoms with Crippen molar-refractivity contribution in [2.45, 2.75) is 43.5 Å². The smallest absolute Gasteiger partial charge is 0.335 e. The SMILES string of the molecule is C=CC1C(OC2OC(CO)C(O)C(O)C2O)OC=C(C(=O)O)C1C=Cc1ccc[n+](CCO)c1. The Labute approximate surface area is 196 Å². The number of carboxylic acid groups (broad SMARTS) is 1. The van der Waals surface area contributed by atoms with Crippen LogP contribution in [-0.4, -0.2) is 86.8 Å². The first kappa shape index (κ1) is 26.0. The van der Waals surface area contributed by atoms with Gasteiger partial charge >= 0.3 is 5.97 Å². The van der Waals surface area contributed by atoms with E-state index in [-0.39, 0.29) is 12.2 Å². The summed E-state index contributed by atoms with van der Waals surface area (Å²) in [5.74, 6) is -2.66. The van der Waals surface area contributed by atoms with Gasteiger partial charge in [-0.15, -0.1) is 6.58 Å². The summed E-state index contributed by atoms with van der Waals surface area (Å²) < 4.78 is 18.3. The largest absolute Gasteiger partial charge is 0.478 e. The third-order valence-corrected chi connectivity index (χ3v) is 5.79. The summed E-state index contributed by atoms with van der Waals surface area (Å²) in [7, 11) is 0. The minimum absolute atomic E-state index is 0.0286. The molecule has 0 saturated carbocycles. The van der Waals surface area contributed by atoms with Gasteiger partial charge in [-0.1, -0.05) is 18.2 Å². The third kappa shape index (κ3) is 5.70. The molecule has 1 aromatic heterocycles. The van der Waals surface area contributed by atoms with Crippen LogP contribution in [0.4, 0.5) is 0 Å².